The number of carbonyl (C=O) groups is 3. The van der Waals surface area contributed by atoms with Crippen LogP contribution in [0.25, 0.3) is 0 Å². The number of rotatable bonds is 5. The van der Waals surface area contributed by atoms with Crippen LogP contribution in [0.2, 0.25) is 0 Å². The molecule has 0 aromatic carbocycles. The van der Waals surface area contributed by atoms with Crippen LogP contribution >= 0.6 is 11.3 Å². The molecule has 2 saturated heterocycles. The van der Waals surface area contributed by atoms with E-state index in [0.717, 1.165) is 56.7 Å². The normalized spacial score (nSPS) is 23.6. The molecule has 174 valence electrons. The van der Waals surface area contributed by atoms with Crippen LogP contribution in [-0.4, -0.2) is 70.4 Å². The molecule has 1 aliphatic carbocycles. The number of pyridine rings is 1. The summed E-state index contributed by atoms with van der Waals surface area (Å²) in [5.41, 5.74) is 0.438. The molecule has 1 saturated carbocycles. The van der Waals surface area contributed by atoms with Gasteiger partial charge in [-0.05, 0) is 18.9 Å². The maximum atomic E-state index is 12.7. The Labute approximate surface area is 196 Å². The summed E-state index contributed by atoms with van der Waals surface area (Å²) in [5, 5.41) is 3.11. The standard InChI is InChI=1S/C23H27N5O4S/c29-21-17-3-1-2-4-18(17)22(30)28(21)16-5-6-19(25-15-16)32-23(31)27-12-10-26(11-13-27)9-7-20-24-8-14-33-20/h5-6,8,14-15,17-18H,1-4,7,9-13H2. The number of fused-ring (bicyclic) bond motifs is 1. The number of thiazole rings is 1. The number of imide groups is 1. The molecule has 33 heavy (non-hydrogen) atoms. The maximum Gasteiger partial charge on any atom is 0.416 e. The Morgan fingerprint density at radius 1 is 1.03 bits per heavy atom. The molecule has 3 amide bonds. The number of hydrogen-bond donors (Lipinski definition) is 0. The van der Waals surface area contributed by atoms with E-state index in [2.05, 4.69) is 14.9 Å². The van der Waals surface area contributed by atoms with E-state index < -0.39 is 6.09 Å². The fourth-order valence-electron chi connectivity index (χ4n) is 4.92. The molecule has 10 heteroatoms. The van der Waals surface area contributed by atoms with Crippen molar-refractivity contribution in [2.75, 3.05) is 37.6 Å². The van der Waals surface area contributed by atoms with Crippen molar-refractivity contribution < 1.29 is 19.1 Å². The molecule has 2 aromatic rings. The highest BCUT2D eigenvalue weighted by molar-refractivity contribution is 7.09. The molecule has 0 bridgehead atoms. The van der Waals surface area contributed by atoms with Crippen LogP contribution in [0.1, 0.15) is 30.7 Å². The van der Waals surface area contributed by atoms with Gasteiger partial charge in [-0.1, -0.05) is 12.8 Å². The summed E-state index contributed by atoms with van der Waals surface area (Å²) >= 11 is 1.66. The lowest BCUT2D eigenvalue weighted by Crippen LogP contribution is -2.50. The fraction of sp³-hybridized carbons (Fsp3) is 0.522. The second kappa shape index (κ2) is 9.56. The zero-order valence-corrected chi connectivity index (χ0v) is 19.2. The van der Waals surface area contributed by atoms with Crippen molar-refractivity contribution in [2.45, 2.75) is 32.1 Å². The van der Waals surface area contributed by atoms with Gasteiger partial charge in [0.1, 0.15) is 0 Å². The average molecular weight is 470 g/mol. The van der Waals surface area contributed by atoms with E-state index in [1.54, 1.807) is 28.4 Å². The van der Waals surface area contributed by atoms with Crippen molar-refractivity contribution in [1.29, 1.82) is 0 Å². The monoisotopic (exact) mass is 469 g/mol. The lowest BCUT2D eigenvalue weighted by molar-refractivity contribution is -0.122. The molecule has 0 spiro atoms. The molecule has 2 aliphatic heterocycles. The molecule has 5 rings (SSSR count). The van der Waals surface area contributed by atoms with E-state index in [4.69, 9.17) is 4.74 Å². The largest absolute Gasteiger partial charge is 0.416 e. The summed E-state index contributed by atoms with van der Waals surface area (Å²) < 4.78 is 5.43. The molecule has 3 fully saturated rings. The molecule has 2 unspecified atom stereocenters. The van der Waals surface area contributed by atoms with Gasteiger partial charge in [-0.25, -0.2) is 19.7 Å². The molecule has 9 nitrogen and oxygen atoms in total. The third kappa shape index (κ3) is 4.63. The highest BCUT2D eigenvalue weighted by Gasteiger charge is 2.48. The molecular formula is C23H27N5O4S. The third-order valence-corrected chi connectivity index (χ3v) is 7.61. The van der Waals surface area contributed by atoms with Crippen molar-refractivity contribution in [1.82, 2.24) is 19.8 Å². The van der Waals surface area contributed by atoms with Crippen LogP contribution in [-0.2, 0) is 16.0 Å². The van der Waals surface area contributed by atoms with Gasteiger partial charge in [0.15, 0.2) is 0 Å². The Kier molecular flexibility index (Phi) is 6.37. The van der Waals surface area contributed by atoms with Gasteiger partial charge in [-0.2, -0.15) is 0 Å². The molecule has 0 N–H and O–H groups in total. The summed E-state index contributed by atoms with van der Waals surface area (Å²) in [4.78, 5) is 51.8. The van der Waals surface area contributed by atoms with Gasteiger partial charge < -0.3 is 9.64 Å². The van der Waals surface area contributed by atoms with Gasteiger partial charge in [-0.15, -0.1) is 11.3 Å². The SMILES string of the molecule is O=C(Oc1ccc(N2C(=O)C3CCCCC3C2=O)cn1)N1CCN(CCc2nccs2)CC1. The first kappa shape index (κ1) is 22.0. The van der Waals surface area contributed by atoms with Crippen LogP contribution < -0.4 is 9.64 Å². The molecule has 2 atom stereocenters. The van der Waals surface area contributed by atoms with Crippen LogP contribution in [0.4, 0.5) is 10.5 Å². The zero-order valence-electron chi connectivity index (χ0n) is 18.4. The summed E-state index contributed by atoms with van der Waals surface area (Å²) in [6.07, 6.45) is 7.26. The van der Waals surface area contributed by atoms with Crippen molar-refractivity contribution in [3.63, 3.8) is 0 Å². The summed E-state index contributed by atoms with van der Waals surface area (Å²) in [6.45, 7) is 3.68. The van der Waals surface area contributed by atoms with Crippen LogP contribution in [0.5, 0.6) is 5.88 Å². The van der Waals surface area contributed by atoms with E-state index in [1.807, 2.05) is 11.6 Å². The predicted octanol–water partition coefficient (Wildman–Crippen LogP) is 2.58. The Hall–Kier alpha value is -2.85. The van der Waals surface area contributed by atoms with Gasteiger partial charge in [-0.3, -0.25) is 14.5 Å². The van der Waals surface area contributed by atoms with E-state index in [9.17, 15) is 14.4 Å². The number of aromatic nitrogens is 2. The number of carbonyl (C=O) groups excluding carboxylic acids is 3. The second-order valence-corrected chi connectivity index (χ2v) is 9.72. The molecule has 3 aliphatic rings. The van der Waals surface area contributed by atoms with Gasteiger partial charge in [0.25, 0.3) is 0 Å². The first-order valence-electron chi connectivity index (χ1n) is 11.5. The van der Waals surface area contributed by atoms with E-state index in [-0.39, 0.29) is 29.5 Å². The lowest BCUT2D eigenvalue weighted by atomic mass is 9.81. The molecule has 4 heterocycles. The Morgan fingerprint density at radius 3 is 2.36 bits per heavy atom. The Balaban J connectivity index is 1.13. The lowest BCUT2D eigenvalue weighted by Gasteiger charge is -2.33. The number of nitrogens with zero attached hydrogens (tertiary/aromatic N) is 5. The molecular weight excluding hydrogens is 442 g/mol. The van der Waals surface area contributed by atoms with Crippen molar-refractivity contribution in [3.05, 3.63) is 34.9 Å². The summed E-state index contributed by atoms with van der Waals surface area (Å²) in [6, 6.07) is 3.17. The van der Waals surface area contributed by atoms with Gasteiger partial charge >= 0.3 is 6.09 Å². The van der Waals surface area contributed by atoms with Crippen molar-refractivity contribution in [3.8, 4) is 5.88 Å². The number of piperazine rings is 1. The van der Waals surface area contributed by atoms with Gasteiger partial charge in [0.2, 0.25) is 17.7 Å². The second-order valence-electron chi connectivity index (χ2n) is 8.74. The minimum absolute atomic E-state index is 0.135. The summed E-state index contributed by atoms with van der Waals surface area (Å²) in [7, 11) is 0. The van der Waals surface area contributed by atoms with Crippen LogP contribution in [0.15, 0.2) is 29.9 Å². The topological polar surface area (TPSA) is 95.9 Å². The number of hydrogen-bond acceptors (Lipinski definition) is 8. The highest BCUT2D eigenvalue weighted by Crippen LogP contribution is 2.40. The van der Waals surface area contributed by atoms with Crippen LogP contribution in [0, 0.1) is 11.8 Å². The first-order chi connectivity index (χ1) is 16.1. The minimum atomic E-state index is -0.436. The van der Waals surface area contributed by atoms with E-state index >= 15 is 0 Å². The number of anilines is 1. The van der Waals surface area contributed by atoms with Gasteiger partial charge in [0, 0.05) is 56.8 Å². The van der Waals surface area contributed by atoms with E-state index in [1.165, 1.54) is 11.1 Å². The van der Waals surface area contributed by atoms with Crippen molar-refractivity contribution >= 4 is 34.9 Å². The fourth-order valence-corrected chi connectivity index (χ4v) is 5.53. The molecule has 0 radical (unpaired) electrons. The first-order valence-corrected chi connectivity index (χ1v) is 12.4. The Morgan fingerprint density at radius 2 is 1.76 bits per heavy atom. The number of ether oxygens (including phenoxy) is 1. The van der Waals surface area contributed by atoms with Crippen LogP contribution in [0.3, 0.4) is 0 Å². The maximum absolute atomic E-state index is 12.7. The highest BCUT2D eigenvalue weighted by atomic mass is 32.1. The summed E-state index contributed by atoms with van der Waals surface area (Å²) in [5.74, 6) is -0.521. The smallest absolute Gasteiger partial charge is 0.391 e. The minimum Gasteiger partial charge on any atom is -0.391 e. The van der Waals surface area contributed by atoms with Crippen molar-refractivity contribution in [2.24, 2.45) is 11.8 Å². The number of amides is 3. The van der Waals surface area contributed by atoms with Gasteiger partial charge in [0.05, 0.1) is 28.7 Å². The average Bonchev–Trinajstić information content (AvgIpc) is 3.46. The quantitative estimate of drug-likeness (QED) is 0.621. The third-order valence-electron chi connectivity index (χ3n) is 6.77. The Bertz CT molecular complexity index is 980. The zero-order chi connectivity index (χ0) is 22.8. The van der Waals surface area contributed by atoms with E-state index in [0.29, 0.717) is 18.8 Å². The molecule has 2 aromatic heterocycles. The predicted molar refractivity (Wildman–Crippen MR) is 122 cm³/mol.